The van der Waals surface area contributed by atoms with Crippen LogP contribution in [0.4, 0.5) is 5.82 Å². The Morgan fingerprint density at radius 2 is 2.05 bits per heavy atom. The van der Waals surface area contributed by atoms with Crippen molar-refractivity contribution in [2.75, 3.05) is 5.32 Å². The number of benzene rings is 1. The quantitative estimate of drug-likeness (QED) is 0.804. The van der Waals surface area contributed by atoms with E-state index < -0.39 is 5.76 Å². The topological polar surface area (TPSA) is 77.1 Å². The molecule has 6 heteroatoms. The molecule has 0 spiro atoms. The highest BCUT2D eigenvalue weighted by atomic mass is 16.4. The minimum atomic E-state index is -0.551. The highest BCUT2D eigenvalue weighted by molar-refractivity contribution is 5.90. The van der Waals surface area contributed by atoms with Gasteiger partial charge in [-0.1, -0.05) is 12.1 Å². The molecule has 1 amide bonds. The number of oxazole rings is 1. The van der Waals surface area contributed by atoms with Crippen LogP contribution in [0.2, 0.25) is 0 Å². The smallest absolute Gasteiger partial charge is 0.408 e. The van der Waals surface area contributed by atoms with Crippen LogP contribution in [0.5, 0.6) is 0 Å². The summed E-state index contributed by atoms with van der Waals surface area (Å²) < 4.78 is 6.40. The summed E-state index contributed by atoms with van der Waals surface area (Å²) in [6, 6.07) is 10.7. The molecule has 0 atom stereocenters. The average molecular weight is 297 g/mol. The zero-order valence-corrected chi connectivity index (χ0v) is 12.3. The van der Waals surface area contributed by atoms with E-state index in [-0.39, 0.29) is 12.5 Å². The number of nitrogens with one attached hydrogen (secondary N) is 1. The van der Waals surface area contributed by atoms with Crippen LogP contribution in [0, 0.1) is 13.8 Å². The number of carbonyl (C=O) groups is 1. The Morgan fingerprint density at radius 1 is 1.27 bits per heavy atom. The predicted molar refractivity (Wildman–Crippen MR) is 82.8 cm³/mol. The van der Waals surface area contributed by atoms with Crippen LogP contribution < -0.4 is 11.1 Å². The number of hydrogen-bond donors (Lipinski definition) is 1. The fraction of sp³-hybridized carbons (Fsp3) is 0.188. The van der Waals surface area contributed by atoms with Crippen molar-refractivity contribution in [3.05, 3.63) is 58.2 Å². The summed E-state index contributed by atoms with van der Waals surface area (Å²) in [7, 11) is 0. The Labute approximate surface area is 126 Å². The summed E-state index contributed by atoms with van der Waals surface area (Å²) >= 11 is 0. The largest absolute Gasteiger partial charge is 0.420 e. The SMILES string of the molecule is Cc1cc(C)nc(NC(=O)Cn2c(=O)oc3ccccc32)c1. The highest BCUT2D eigenvalue weighted by Crippen LogP contribution is 2.12. The first kappa shape index (κ1) is 14.1. The van der Waals surface area contributed by atoms with Crippen LogP contribution in [-0.4, -0.2) is 15.5 Å². The van der Waals surface area contributed by atoms with Crippen LogP contribution in [0.15, 0.2) is 45.6 Å². The van der Waals surface area contributed by atoms with Crippen LogP contribution >= 0.6 is 0 Å². The molecule has 2 heterocycles. The standard InChI is InChI=1S/C16H15N3O3/c1-10-7-11(2)17-14(8-10)18-15(20)9-19-12-5-3-4-6-13(12)22-16(19)21/h3-8H,9H2,1-2H3,(H,17,18,20). The van der Waals surface area contributed by atoms with Gasteiger partial charge < -0.3 is 9.73 Å². The summed E-state index contributed by atoms with van der Waals surface area (Å²) in [6.45, 7) is 3.67. The first-order chi connectivity index (χ1) is 10.5. The molecule has 0 aliphatic rings. The van der Waals surface area contributed by atoms with Gasteiger partial charge in [0.2, 0.25) is 5.91 Å². The molecule has 112 valence electrons. The molecular weight excluding hydrogens is 282 g/mol. The zero-order chi connectivity index (χ0) is 15.7. The minimum Gasteiger partial charge on any atom is -0.408 e. The molecule has 3 rings (SSSR count). The van der Waals surface area contributed by atoms with Gasteiger partial charge in [0.15, 0.2) is 5.58 Å². The summed E-state index contributed by atoms with van der Waals surface area (Å²) in [4.78, 5) is 28.2. The van der Waals surface area contributed by atoms with E-state index in [9.17, 15) is 9.59 Å². The first-order valence-electron chi connectivity index (χ1n) is 6.86. The maximum absolute atomic E-state index is 12.1. The van der Waals surface area contributed by atoms with Crippen molar-refractivity contribution in [3.8, 4) is 0 Å². The third kappa shape index (κ3) is 2.76. The first-order valence-corrected chi connectivity index (χ1v) is 6.86. The van der Waals surface area contributed by atoms with Crippen molar-refractivity contribution < 1.29 is 9.21 Å². The number of aromatic nitrogens is 2. The number of fused-ring (bicyclic) bond motifs is 1. The maximum Gasteiger partial charge on any atom is 0.420 e. The predicted octanol–water partition coefficient (Wildman–Crippen LogP) is 2.25. The van der Waals surface area contributed by atoms with Crippen LogP contribution in [0.1, 0.15) is 11.3 Å². The number of hydrogen-bond acceptors (Lipinski definition) is 4. The van der Waals surface area contributed by atoms with E-state index in [1.165, 1.54) is 4.57 Å². The molecular formula is C16H15N3O3. The van der Waals surface area contributed by atoms with E-state index in [1.54, 1.807) is 30.3 Å². The van der Waals surface area contributed by atoms with Gasteiger partial charge >= 0.3 is 5.76 Å². The molecule has 0 radical (unpaired) electrons. The minimum absolute atomic E-state index is 0.121. The van der Waals surface area contributed by atoms with Gasteiger partial charge in [-0.15, -0.1) is 0 Å². The highest BCUT2D eigenvalue weighted by Gasteiger charge is 2.12. The maximum atomic E-state index is 12.1. The summed E-state index contributed by atoms with van der Waals surface area (Å²) in [5.74, 6) is -0.403. The number of nitrogens with zero attached hydrogens (tertiary/aromatic N) is 2. The number of anilines is 1. The van der Waals surface area contributed by atoms with Gasteiger partial charge in [-0.25, -0.2) is 9.78 Å². The van der Waals surface area contributed by atoms with Crippen molar-refractivity contribution in [3.63, 3.8) is 0 Å². The van der Waals surface area contributed by atoms with Gasteiger partial charge in [-0.2, -0.15) is 0 Å². The average Bonchev–Trinajstić information content (AvgIpc) is 2.74. The second-order valence-electron chi connectivity index (χ2n) is 5.14. The molecule has 22 heavy (non-hydrogen) atoms. The van der Waals surface area contributed by atoms with E-state index in [2.05, 4.69) is 10.3 Å². The third-order valence-corrected chi connectivity index (χ3v) is 3.24. The number of pyridine rings is 1. The van der Waals surface area contributed by atoms with Crippen molar-refractivity contribution in [1.82, 2.24) is 9.55 Å². The zero-order valence-electron chi connectivity index (χ0n) is 12.3. The van der Waals surface area contributed by atoms with Crippen molar-refractivity contribution in [2.24, 2.45) is 0 Å². The number of aryl methyl sites for hydroxylation is 2. The lowest BCUT2D eigenvalue weighted by Crippen LogP contribution is -2.25. The number of amides is 1. The lowest BCUT2D eigenvalue weighted by molar-refractivity contribution is -0.116. The van der Waals surface area contributed by atoms with Gasteiger partial charge in [0.1, 0.15) is 12.4 Å². The molecule has 0 unspecified atom stereocenters. The van der Waals surface area contributed by atoms with Crippen LogP contribution in [0.3, 0.4) is 0 Å². The molecule has 0 fully saturated rings. The fourth-order valence-electron chi connectivity index (χ4n) is 2.40. The molecule has 3 aromatic rings. The molecule has 0 aliphatic carbocycles. The molecule has 0 saturated heterocycles. The van der Waals surface area contributed by atoms with Gasteiger partial charge in [0.25, 0.3) is 0 Å². The fourth-order valence-corrected chi connectivity index (χ4v) is 2.40. The van der Waals surface area contributed by atoms with E-state index in [1.807, 2.05) is 19.9 Å². The van der Waals surface area contributed by atoms with Crippen molar-refractivity contribution >= 4 is 22.8 Å². The Hall–Kier alpha value is -2.89. The number of para-hydroxylation sites is 2. The van der Waals surface area contributed by atoms with Gasteiger partial charge in [0.05, 0.1) is 5.52 Å². The molecule has 1 aromatic carbocycles. The second kappa shape index (κ2) is 5.48. The van der Waals surface area contributed by atoms with Gasteiger partial charge in [-0.3, -0.25) is 9.36 Å². The molecule has 0 aliphatic heterocycles. The number of rotatable bonds is 3. The van der Waals surface area contributed by atoms with Crippen molar-refractivity contribution in [1.29, 1.82) is 0 Å². The summed E-state index contributed by atoms with van der Waals surface area (Å²) in [5.41, 5.74) is 2.89. The second-order valence-corrected chi connectivity index (χ2v) is 5.14. The Kier molecular flexibility index (Phi) is 3.50. The van der Waals surface area contributed by atoms with Crippen molar-refractivity contribution in [2.45, 2.75) is 20.4 Å². The van der Waals surface area contributed by atoms with E-state index in [0.29, 0.717) is 16.9 Å². The number of carbonyl (C=O) groups excluding carboxylic acids is 1. The molecule has 2 aromatic heterocycles. The third-order valence-electron chi connectivity index (χ3n) is 3.24. The van der Waals surface area contributed by atoms with E-state index >= 15 is 0 Å². The Bertz CT molecular complexity index is 888. The molecule has 6 nitrogen and oxygen atoms in total. The summed E-state index contributed by atoms with van der Waals surface area (Å²) in [6.07, 6.45) is 0. The molecule has 1 N–H and O–H groups in total. The Balaban J connectivity index is 1.84. The van der Waals surface area contributed by atoms with Gasteiger partial charge in [-0.05, 0) is 43.7 Å². The lowest BCUT2D eigenvalue weighted by atomic mass is 10.2. The van der Waals surface area contributed by atoms with E-state index in [0.717, 1.165) is 11.3 Å². The van der Waals surface area contributed by atoms with E-state index in [4.69, 9.17) is 4.42 Å². The monoisotopic (exact) mass is 297 g/mol. The lowest BCUT2D eigenvalue weighted by Gasteiger charge is -2.07. The van der Waals surface area contributed by atoms with Crippen LogP contribution in [0.25, 0.3) is 11.1 Å². The Morgan fingerprint density at radius 3 is 2.82 bits per heavy atom. The van der Waals surface area contributed by atoms with Gasteiger partial charge in [0, 0.05) is 5.69 Å². The normalized spacial score (nSPS) is 10.8. The molecule has 0 bridgehead atoms. The van der Waals surface area contributed by atoms with Crippen LogP contribution in [-0.2, 0) is 11.3 Å². The molecule has 0 saturated carbocycles. The summed E-state index contributed by atoms with van der Waals surface area (Å²) in [5, 5.41) is 2.70.